The number of non-ortho nitro benzene ring substituents is 1. The lowest BCUT2D eigenvalue weighted by atomic mass is 10.1. The van der Waals surface area contributed by atoms with Crippen LogP contribution in [0, 0.1) is 10.1 Å². The van der Waals surface area contributed by atoms with E-state index in [1.54, 1.807) is 12.1 Å². The van der Waals surface area contributed by atoms with Gasteiger partial charge in [-0.25, -0.2) is 4.79 Å². The summed E-state index contributed by atoms with van der Waals surface area (Å²) >= 11 is 0. The minimum Gasteiger partial charge on any atom is -0.493 e. The Kier molecular flexibility index (Phi) is 4.75. The van der Waals surface area contributed by atoms with E-state index in [0.717, 1.165) is 0 Å². The first-order chi connectivity index (χ1) is 12.9. The quantitative estimate of drug-likeness (QED) is 0.416. The van der Waals surface area contributed by atoms with Crippen molar-refractivity contribution in [3.8, 4) is 11.5 Å². The van der Waals surface area contributed by atoms with Crippen LogP contribution in [0.3, 0.4) is 0 Å². The van der Waals surface area contributed by atoms with Crippen molar-refractivity contribution < 1.29 is 23.6 Å². The number of hydrogen-bond donors (Lipinski definition) is 1. The molecule has 0 aliphatic carbocycles. The molecule has 0 radical (unpaired) electrons. The summed E-state index contributed by atoms with van der Waals surface area (Å²) in [6.07, 6.45) is 0. The van der Waals surface area contributed by atoms with Crippen LogP contribution < -0.4 is 20.4 Å². The number of methoxy groups -OCH3 is 2. The second-order valence-electron chi connectivity index (χ2n) is 5.45. The van der Waals surface area contributed by atoms with E-state index < -0.39 is 16.5 Å². The number of nitrogens with one attached hydrogen (secondary N) is 1. The van der Waals surface area contributed by atoms with Gasteiger partial charge >= 0.3 is 5.63 Å². The molecule has 9 heteroatoms. The average Bonchev–Trinajstić information content (AvgIpc) is 2.66. The minimum atomic E-state index is -0.852. The zero-order valence-corrected chi connectivity index (χ0v) is 14.3. The van der Waals surface area contributed by atoms with Gasteiger partial charge in [0.15, 0.2) is 11.5 Å². The Morgan fingerprint density at radius 3 is 2.48 bits per heavy atom. The molecule has 0 aliphatic rings. The summed E-state index contributed by atoms with van der Waals surface area (Å²) in [4.78, 5) is 34.9. The van der Waals surface area contributed by atoms with E-state index in [2.05, 4.69) is 5.32 Å². The van der Waals surface area contributed by atoms with E-state index in [9.17, 15) is 19.7 Å². The van der Waals surface area contributed by atoms with Gasteiger partial charge in [0.25, 0.3) is 11.6 Å². The van der Waals surface area contributed by atoms with Crippen LogP contribution >= 0.6 is 0 Å². The highest BCUT2D eigenvalue weighted by atomic mass is 16.6. The highest BCUT2D eigenvalue weighted by Crippen LogP contribution is 2.30. The number of nitro groups is 1. The molecule has 0 fully saturated rings. The van der Waals surface area contributed by atoms with Crippen LogP contribution in [0.25, 0.3) is 11.0 Å². The van der Waals surface area contributed by atoms with Gasteiger partial charge in [-0.2, -0.15) is 0 Å². The number of fused-ring (bicyclic) bond motifs is 1. The van der Waals surface area contributed by atoms with Crippen molar-refractivity contribution in [3.05, 3.63) is 68.6 Å². The number of ether oxygens (including phenoxy) is 2. The zero-order chi connectivity index (χ0) is 19.6. The number of amides is 1. The maximum atomic E-state index is 12.5. The maximum Gasteiger partial charge on any atom is 0.349 e. The number of hydrogen-bond acceptors (Lipinski definition) is 7. The number of rotatable bonds is 5. The standard InChI is InChI=1S/C18H14N2O7/c1-25-15-5-3-11(9-16(15)26-2)19-17(21)13-8-10-7-12(20(23)24)4-6-14(10)27-18(13)22/h3-9H,1-2H3,(H,19,21). The Labute approximate surface area is 152 Å². The first-order valence-electron chi connectivity index (χ1n) is 7.68. The Morgan fingerprint density at radius 1 is 1.07 bits per heavy atom. The molecule has 0 atom stereocenters. The van der Waals surface area contributed by atoms with Gasteiger partial charge in [0, 0.05) is 29.3 Å². The predicted octanol–water partition coefficient (Wildman–Crippen LogP) is 2.97. The van der Waals surface area contributed by atoms with Crippen molar-refractivity contribution in [1.82, 2.24) is 0 Å². The summed E-state index contributed by atoms with van der Waals surface area (Å²) < 4.78 is 15.4. The smallest absolute Gasteiger partial charge is 0.349 e. The fourth-order valence-corrected chi connectivity index (χ4v) is 2.50. The van der Waals surface area contributed by atoms with Gasteiger partial charge in [0.05, 0.1) is 19.1 Å². The predicted molar refractivity (Wildman–Crippen MR) is 96.6 cm³/mol. The van der Waals surface area contributed by atoms with Gasteiger partial charge in [0.2, 0.25) is 0 Å². The average molecular weight is 370 g/mol. The Hall–Kier alpha value is -3.88. The van der Waals surface area contributed by atoms with Crippen LogP contribution in [0.15, 0.2) is 51.7 Å². The van der Waals surface area contributed by atoms with Crippen molar-refractivity contribution in [1.29, 1.82) is 0 Å². The van der Waals surface area contributed by atoms with Crippen LogP contribution in [0.5, 0.6) is 11.5 Å². The highest BCUT2D eigenvalue weighted by Gasteiger charge is 2.16. The number of carbonyl (C=O) groups is 1. The van der Waals surface area contributed by atoms with E-state index in [0.29, 0.717) is 17.2 Å². The molecule has 0 aliphatic heterocycles. The SMILES string of the molecule is COc1ccc(NC(=O)c2cc3cc([N+](=O)[O-])ccc3oc2=O)cc1OC. The molecule has 0 bridgehead atoms. The molecule has 0 unspecified atom stereocenters. The van der Waals surface area contributed by atoms with Crippen molar-refractivity contribution >= 4 is 28.3 Å². The molecule has 2 aromatic carbocycles. The van der Waals surface area contributed by atoms with E-state index in [1.165, 1.54) is 44.6 Å². The molecule has 9 nitrogen and oxygen atoms in total. The molecule has 0 saturated carbocycles. The summed E-state index contributed by atoms with van der Waals surface area (Å²) in [6, 6.07) is 9.72. The zero-order valence-electron chi connectivity index (χ0n) is 14.3. The molecule has 1 amide bonds. The third-order valence-electron chi connectivity index (χ3n) is 3.81. The van der Waals surface area contributed by atoms with E-state index in [-0.39, 0.29) is 22.2 Å². The number of nitrogens with zero attached hydrogens (tertiary/aromatic N) is 1. The summed E-state index contributed by atoms with van der Waals surface area (Å²) in [7, 11) is 2.93. The molecule has 0 saturated heterocycles. The molecular weight excluding hydrogens is 356 g/mol. The molecule has 1 aromatic heterocycles. The number of carbonyl (C=O) groups excluding carboxylic acids is 1. The first kappa shape index (κ1) is 17.9. The van der Waals surface area contributed by atoms with Crippen molar-refractivity contribution in [2.45, 2.75) is 0 Å². The summed E-state index contributed by atoms with van der Waals surface area (Å²) in [5, 5.41) is 13.7. The first-order valence-corrected chi connectivity index (χ1v) is 7.68. The van der Waals surface area contributed by atoms with Crippen LogP contribution in [-0.4, -0.2) is 25.1 Å². The largest absolute Gasteiger partial charge is 0.493 e. The van der Waals surface area contributed by atoms with Crippen molar-refractivity contribution in [2.24, 2.45) is 0 Å². The third-order valence-corrected chi connectivity index (χ3v) is 3.81. The van der Waals surface area contributed by atoms with Crippen LogP contribution in [-0.2, 0) is 0 Å². The molecule has 1 heterocycles. The molecule has 138 valence electrons. The van der Waals surface area contributed by atoms with E-state index in [4.69, 9.17) is 13.9 Å². The molecule has 0 spiro atoms. The normalized spacial score (nSPS) is 10.4. The van der Waals surface area contributed by atoms with E-state index in [1.807, 2.05) is 0 Å². The van der Waals surface area contributed by atoms with Gasteiger partial charge in [-0.15, -0.1) is 0 Å². The molecule has 27 heavy (non-hydrogen) atoms. The lowest BCUT2D eigenvalue weighted by Gasteiger charge is -2.10. The fraction of sp³-hybridized carbons (Fsp3) is 0.111. The van der Waals surface area contributed by atoms with Crippen LogP contribution in [0.4, 0.5) is 11.4 Å². The minimum absolute atomic E-state index is 0.147. The summed E-state index contributed by atoms with van der Waals surface area (Å²) in [6.45, 7) is 0. The molecular formula is C18H14N2O7. The van der Waals surface area contributed by atoms with Crippen molar-refractivity contribution in [2.75, 3.05) is 19.5 Å². The molecule has 3 rings (SSSR count). The van der Waals surface area contributed by atoms with Gasteiger partial charge in [0.1, 0.15) is 11.1 Å². The van der Waals surface area contributed by atoms with Gasteiger partial charge < -0.3 is 19.2 Å². The third kappa shape index (κ3) is 3.56. The lowest BCUT2D eigenvalue weighted by Crippen LogP contribution is -2.20. The fourth-order valence-electron chi connectivity index (χ4n) is 2.50. The summed E-state index contributed by atoms with van der Waals surface area (Å²) in [5.41, 5.74) is -0.792. The second kappa shape index (κ2) is 7.16. The van der Waals surface area contributed by atoms with Gasteiger partial charge in [-0.1, -0.05) is 0 Å². The number of benzene rings is 2. The lowest BCUT2D eigenvalue weighted by molar-refractivity contribution is -0.384. The Balaban J connectivity index is 1.96. The Bertz CT molecular complexity index is 1100. The maximum absolute atomic E-state index is 12.5. The van der Waals surface area contributed by atoms with Crippen LogP contribution in [0.1, 0.15) is 10.4 Å². The molecule has 3 aromatic rings. The number of nitro benzene ring substituents is 1. The van der Waals surface area contributed by atoms with Gasteiger partial charge in [-0.3, -0.25) is 14.9 Å². The van der Waals surface area contributed by atoms with Gasteiger partial charge in [-0.05, 0) is 24.3 Å². The van der Waals surface area contributed by atoms with Crippen molar-refractivity contribution in [3.63, 3.8) is 0 Å². The highest BCUT2D eigenvalue weighted by molar-refractivity contribution is 6.05. The second-order valence-corrected chi connectivity index (χ2v) is 5.45. The molecule has 1 N–H and O–H groups in total. The number of anilines is 1. The summed E-state index contributed by atoms with van der Waals surface area (Å²) in [5.74, 6) is 0.161. The monoisotopic (exact) mass is 370 g/mol. The topological polar surface area (TPSA) is 121 Å². The Morgan fingerprint density at radius 2 is 1.81 bits per heavy atom. The van der Waals surface area contributed by atoms with Crippen LogP contribution in [0.2, 0.25) is 0 Å². The van der Waals surface area contributed by atoms with E-state index >= 15 is 0 Å².